The molecule has 2 rings (SSSR count). The second-order valence-corrected chi connectivity index (χ2v) is 9.37. The number of unbranched alkanes of at least 4 members (excludes halogenated alkanes) is 5. The molecule has 0 bridgehead atoms. The molecule has 0 fully saturated rings. The standard InChI is InChI=1S/C30H44N2O6/c1-5-7-8-9-10-11-18-32(30(35)31-26-21-23(3)12-17-27(26)36-4)19-20-38-25-15-13-24(14-16-25)22-28(29(33)34)37-6-2/h12-17,21,28H,5-11,18-20,22H2,1-4H3,(H,31,35)(H,33,34). The number of carboxylic acid groups (broad SMARTS) is 1. The van der Waals surface area contributed by atoms with Crippen molar-refractivity contribution in [2.45, 2.75) is 71.8 Å². The minimum atomic E-state index is -0.973. The number of methoxy groups -OCH3 is 1. The minimum absolute atomic E-state index is 0.183. The third-order valence-electron chi connectivity index (χ3n) is 6.28. The van der Waals surface area contributed by atoms with Crippen LogP contribution in [-0.2, 0) is 16.0 Å². The van der Waals surface area contributed by atoms with Crippen molar-refractivity contribution in [1.82, 2.24) is 4.90 Å². The number of nitrogens with one attached hydrogen (secondary N) is 1. The van der Waals surface area contributed by atoms with Gasteiger partial charge in [-0.2, -0.15) is 0 Å². The van der Waals surface area contributed by atoms with Crippen molar-refractivity contribution >= 4 is 17.7 Å². The molecule has 0 aliphatic rings. The average molecular weight is 529 g/mol. The summed E-state index contributed by atoms with van der Waals surface area (Å²) < 4.78 is 16.6. The number of carbonyl (C=O) groups excluding carboxylic acids is 1. The van der Waals surface area contributed by atoms with Crippen LogP contribution in [0.5, 0.6) is 11.5 Å². The van der Waals surface area contributed by atoms with Gasteiger partial charge >= 0.3 is 12.0 Å². The monoisotopic (exact) mass is 528 g/mol. The Hall–Kier alpha value is -3.26. The highest BCUT2D eigenvalue weighted by molar-refractivity contribution is 5.91. The van der Waals surface area contributed by atoms with Gasteiger partial charge in [-0.05, 0) is 55.7 Å². The lowest BCUT2D eigenvalue weighted by Gasteiger charge is -2.24. The van der Waals surface area contributed by atoms with Gasteiger partial charge < -0.3 is 29.5 Å². The summed E-state index contributed by atoms with van der Waals surface area (Å²) in [5, 5.41) is 12.3. The number of carbonyl (C=O) groups is 2. The van der Waals surface area contributed by atoms with Gasteiger partial charge in [0.1, 0.15) is 18.1 Å². The second-order valence-electron chi connectivity index (χ2n) is 9.37. The molecular formula is C30H44N2O6. The van der Waals surface area contributed by atoms with E-state index in [2.05, 4.69) is 12.2 Å². The molecule has 2 N–H and O–H groups in total. The van der Waals surface area contributed by atoms with Crippen LogP contribution in [0, 0.1) is 6.92 Å². The maximum atomic E-state index is 13.2. The molecular weight excluding hydrogens is 484 g/mol. The number of aryl methyl sites for hydroxylation is 1. The predicted octanol–water partition coefficient (Wildman–Crippen LogP) is 6.31. The number of urea groups is 1. The van der Waals surface area contributed by atoms with Crippen molar-refractivity contribution in [1.29, 1.82) is 0 Å². The zero-order chi connectivity index (χ0) is 27.8. The zero-order valence-electron chi connectivity index (χ0n) is 23.3. The quantitative estimate of drug-likeness (QED) is 0.220. The Balaban J connectivity index is 1.96. The molecule has 0 radical (unpaired) electrons. The van der Waals surface area contributed by atoms with Crippen LogP contribution in [0.15, 0.2) is 42.5 Å². The van der Waals surface area contributed by atoms with Gasteiger partial charge in [-0.3, -0.25) is 0 Å². The highest BCUT2D eigenvalue weighted by Crippen LogP contribution is 2.25. The molecule has 0 saturated heterocycles. The van der Waals surface area contributed by atoms with Crippen LogP contribution < -0.4 is 14.8 Å². The molecule has 0 aliphatic carbocycles. The van der Waals surface area contributed by atoms with Crippen LogP contribution in [0.25, 0.3) is 0 Å². The van der Waals surface area contributed by atoms with Crippen molar-refractivity contribution in [3.63, 3.8) is 0 Å². The third-order valence-corrected chi connectivity index (χ3v) is 6.28. The summed E-state index contributed by atoms with van der Waals surface area (Å²) in [4.78, 5) is 26.3. The van der Waals surface area contributed by atoms with Gasteiger partial charge in [0.05, 0.1) is 19.3 Å². The zero-order valence-corrected chi connectivity index (χ0v) is 23.3. The number of amides is 2. The Kier molecular flexibility index (Phi) is 14.1. The second kappa shape index (κ2) is 17.3. The summed E-state index contributed by atoms with van der Waals surface area (Å²) in [5.41, 5.74) is 2.54. The van der Waals surface area contributed by atoms with E-state index in [1.54, 1.807) is 18.9 Å². The average Bonchev–Trinajstić information content (AvgIpc) is 2.90. The topological polar surface area (TPSA) is 97.3 Å². The van der Waals surface area contributed by atoms with Crippen LogP contribution >= 0.6 is 0 Å². The van der Waals surface area contributed by atoms with Crippen LogP contribution in [0.2, 0.25) is 0 Å². The molecule has 1 atom stereocenters. The van der Waals surface area contributed by atoms with Gasteiger partial charge in [-0.1, -0.05) is 57.2 Å². The van der Waals surface area contributed by atoms with Gasteiger partial charge in [-0.25, -0.2) is 9.59 Å². The molecule has 2 amide bonds. The fraction of sp³-hybridized carbons (Fsp3) is 0.533. The van der Waals surface area contributed by atoms with Crippen LogP contribution in [0.3, 0.4) is 0 Å². The Morgan fingerprint density at radius 3 is 2.34 bits per heavy atom. The summed E-state index contributed by atoms with van der Waals surface area (Å²) in [6, 6.07) is 12.8. The van der Waals surface area contributed by atoms with Crippen LogP contribution in [0.4, 0.5) is 10.5 Å². The Bertz CT molecular complexity index is 979. The van der Waals surface area contributed by atoms with E-state index in [1.807, 2.05) is 49.4 Å². The normalized spacial score (nSPS) is 11.6. The number of hydrogen-bond acceptors (Lipinski definition) is 5. The minimum Gasteiger partial charge on any atom is -0.495 e. The van der Waals surface area contributed by atoms with Crippen molar-refractivity contribution < 1.29 is 28.9 Å². The number of rotatable bonds is 18. The lowest BCUT2D eigenvalue weighted by Crippen LogP contribution is -2.38. The molecule has 38 heavy (non-hydrogen) atoms. The van der Waals surface area contributed by atoms with Crippen molar-refractivity contribution in [3.05, 3.63) is 53.6 Å². The molecule has 2 aromatic rings. The lowest BCUT2D eigenvalue weighted by molar-refractivity contribution is -0.149. The molecule has 8 nitrogen and oxygen atoms in total. The van der Waals surface area contributed by atoms with Gasteiger partial charge in [0.15, 0.2) is 6.10 Å². The number of hydrogen-bond donors (Lipinski definition) is 2. The Labute approximate surface area is 227 Å². The first-order chi connectivity index (χ1) is 18.4. The molecule has 210 valence electrons. The first kappa shape index (κ1) is 31.0. The molecule has 1 unspecified atom stereocenters. The van der Waals surface area contributed by atoms with Crippen LogP contribution in [-0.4, -0.2) is 61.5 Å². The highest BCUT2D eigenvalue weighted by atomic mass is 16.5. The fourth-order valence-corrected chi connectivity index (χ4v) is 4.14. The maximum Gasteiger partial charge on any atom is 0.333 e. The van der Waals surface area contributed by atoms with Gasteiger partial charge in [0.2, 0.25) is 0 Å². The van der Waals surface area contributed by atoms with E-state index in [0.29, 0.717) is 43.5 Å². The summed E-state index contributed by atoms with van der Waals surface area (Å²) >= 11 is 0. The smallest absolute Gasteiger partial charge is 0.333 e. The summed E-state index contributed by atoms with van der Waals surface area (Å²) in [7, 11) is 1.59. The van der Waals surface area contributed by atoms with E-state index < -0.39 is 12.1 Å². The molecule has 8 heteroatoms. The molecule has 0 saturated carbocycles. The first-order valence-electron chi connectivity index (χ1n) is 13.6. The number of carboxylic acids is 1. The Morgan fingerprint density at radius 1 is 0.974 bits per heavy atom. The van der Waals surface area contributed by atoms with Crippen molar-refractivity contribution in [2.75, 3.05) is 38.7 Å². The summed E-state index contributed by atoms with van der Waals surface area (Å²) in [6.45, 7) is 7.71. The molecule has 2 aromatic carbocycles. The predicted molar refractivity (Wildman–Crippen MR) is 150 cm³/mol. The summed E-state index contributed by atoms with van der Waals surface area (Å²) in [5.74, 6) is 0.311. The van der Waals surface area contributed by atoms with Gasteiger partial charge in [-0.15, -0.1) is 0 Å². The van der Waals surface area contributed by atoms with Crippen molar-refractivity contribution in [3.8, 4) is 11.5 Å². The van der Waals surface area contributed by atoms with Gasteiger partial charge in [0.25, 0.3) is 0 Å². The van der Waals surface area contributed by atoms with Gasteiger partial charge in [0, 0.05) is 19.6 Å². The lowest BCUT2D eigenvalue weighted by atomic mass is 10.1. The first-order valence-corrected chi connectivity index (χ1v) is 13.6. The molecule has 0 heterocycles. The number of ether oxygens (including phenoxy) is 3. The van der Waals surface area contributed by atoms with E-state index in [0.717, 1.165) is 24.0 Å². The molecule has 0 spiro atoms. The fourth-order valence-electron chi connectivity index (χ4n) is 4.14. The van der Waals surface area contributed by atoms with E-state index in [-0.39, 0.29) is 12.5 Å². The highest BCUT2D eigenvalue weighted by Gasteiger charge is 2.18. The Morgan fingerprint density at radius 2 is 1.68 bits per heavy atom. The number of anilines is 1. The number of benzene rings is 2. The van der Waals surface area contributed by atoms with Crippen molar-refractivity contribution in [2.24, 2.45) is 0 Å². The number of aliphatic carboxylic acids is 1. The van der Waals surface area contributed by atoms with E-state index in [4.69, 9.17) is 14.2 Å². The summed E-state index contributed by atoms with van der Waals surface area (Å²) in [6.07, 6.45) is 6.28. The third kappa shape index (κ3) is 11.0. The molecule has 0 aromatic heterocycles. The van der Waals surface area contributed by atoms with Crippen LogP contribution in [0.1, 0.15) is 63.5 Å². The molecule has 0 aliphatic heterocycles. The largest absolute Gasteiger partial charge is 0.495 e. The van der Waals surface area contributed by atoms with E-state index in [9.17, 15) is 14.7 Å². The van der Waals surface area contributed by atoms with E-state index >= 15 is 0 Å². The SMILES string of the molecule is CCCCCCCCN(CCOc1ccc(CC(OCC)C(=O)O)cc1)C(=O)Nc1cc(C)ccc1OC. The number of nitrogens with zero attached hydrogens (tertiary/aromatic N) is 1. The van der Waals surface area contributed by atoms with E-state index in [1.165, 1.54) is 25.7 Å². The maximum absolute atomic E-state index is 13.2.